The van der Waals surface area contributed by atoms with Gasteiger partial charge in [-0.3, -0.25) is 0 Å². The summed E-state index contributed by atoms with van der Waals surface area (Å²) < 4.78 is 5.49. The van der Waals surface area contributed by atoms with Crippen molar-refractivity contribution in [3.63, 3.8) is 0 Å². The summed E-state index contributed by atoms with van der Waals surface area (Å²) >= 11 is 0. The van der Waals surface area contributed by atoms with Gasteiger partial charge in [0.1, 0.15) is 5.75 Å². The Morgan fingerprint density at radius 3 is 2.38 bits per heavy atom. The Bertz CT molecular complexity index is 619. The Labute approximate surface area is 127 Å². The number of hydrogen-bond acceptors (Lipinski definition) is 2. The SMILES string of the molecule is CCc1ccc(CC)c(C(N)c2cc(C)ccc2OC)c1. The van der Waals surface area contributed by atoms with E-state index < -0.39 is 0 Å². The van der Waals surface area contributed by atoms with E-state index in [1.807, 2.05) is 6.07 Å². The summed E-state index contributed by atoms with van der Waals surface area (Å²) in [7, 11) is 1.70. The average molecular weight is 283 g/mol. The Balaban J connectivity index is 2.53. The van der Waals surface area contributed by atoms with Crippen LogP contribution >= 0.6 is 0 Å². The van der Waals surface area contributed by atoms with Gasteiger partial charge >= 0.3 is 0 Å². The molecule has 0 aliphatic rings. The molecule has 0 saturated carbocycles. The van der Waals surface area contributed by atoms with E-state index in [2.05, 4.69) is 51.1 Å². The molecule has 0 aromatic heterocycles. The molecule has 0 heterocycles. The van der Waals surface area contributed by atoms with Crippen molar-refractivity contribution in [2.45, 2.75) is 39.7 Å². The lowest BCUT2D eigenvalue weighted by atomic mass is 9.91. The van der Waals surface area contributed by atoms with Crippen LogP contribution in [0.5, 0.6) is 5.75 Å². The number of rotatable bonds is 5. The molecule has 21 heavy (non-hydrogen) atoms. The molecule has 2 N–H and O–H groups in total. The second kappa shape index (κ2) is 6.77. The monoisotopic (exact) mass is 283 g/mol. The minimum atomic E-state index is -0.152. The van der Waals surface area contributed by atoms with Crippen LogP contribution in [-0.4, -0.2) is 7.11 Å². The van der Waals surface area contributed by atoms with Gasteiger partial charge < -0.3 is 10.5 Å². The highest BCUT2D eigenvalue weighted by Gasteiger charge is 2.17. The van der Waals surface area contributed by atoms with Crippen molar-refractivity contribution in [2.75, 3.05) is 7.11 Å². The molecule has 2 nitrogen and oxygen atoms in total. The van der Waals surface area contributed by atoms with E-state index in [0.29, 0.717) is 0 Å². The van der Waals surface area contributed by atoms with Crippen molar-refractivity contribution in [1.82, 2.24) is 0 Å². The van der Waals surface area contributed by atoms with Crippen LogP contribution in [0.25, 0.3) is 0 Å². The van der Waals surface area contributed by atoms with Crippen LogP contribution in [0, 0.1) is 6.92 Å². The molecule has 2 aromatic rings. The van der Waals surface area contributed by atoms with Crippen LogP contribution in [-0.2, 0) is 12.8 Å². The Hall–Kier alpha value is -1.80. The average Bonchev–Trinajstić information content (AvgIpc) is 2.53. The highest BCUT2D eigenvalue weighted by atomic mass is 16.5. The van der Waals surface area contributed by atoms with Crippen LogP contribution in [0.3, 0.4) is 0 Å². The topological polar surface area (TPSA) is 35.2 Å². The zero-order chi connectivity index (χ0) is 15.4. The summed E-state index contributed by atoms with van der Waals surface area (Å²) in [5.74, 6) is 0.858. The fourth-order valence-corrected chi connectivity index (χ4v) is 2.74. The summed E-state index contributed by atoms with van der Waals surface area (Å²) in [4.78, 5) is 0. The third kappa shape index (κ3) is 3.27. The van der Waals surface area contributed by atoms with Crippen molar-refractivity contribution in [2.24, 2.45) is 5.73 Å². The molecular weight excluding hydrogens is 258 g/mol. The van der Waals surface area contributed by atoms with Crippen LogP contribution in [0.2, 0.25) is 0 Å². The van der Waals surface area contributed by atoms with Crippen molar-refractivity contribution < 1.29 is 4.74 Å². The molecular formula is C19H25NO. The number of hydrogen-bond donors (Lipinski definition) is 1. The number of aryl methyl sites for hydroxylation is 3. The molecule has 0 amide bonds. The summed E-state index contributed by atoms with van der Waals surface area (Å²) in [6.07, 6.45) is 2.01. The van der Waals surface area contributed by atoms with E-state index in [4.69, 9.17) is 10.5 Å². The maximum atomic E-state index is 6.58. The van der Waals surface area contributed by atoms with Gasteiger partial charge in [-0.1, -0.05) is 49.7 Å². The Kier molecular flexibility index (Phi) is 5.03. The Morgan fingerprint density at radius 2 is 1.76 bits per heavy atom. The molecule has 0 spiro atoms. The predicted octanol–water partition coefficient (Wildman–Crippen LogP) is 4.18. The van der Waals surface area contributed by atoms with Gasteiger partial charge in [-0.05, 0) is 42.5 Å². The van der Waals surface area contributed by atoms with E-state index in [1.54, 1.807) is 7.11 Å². The molecule has 1 unspecified atom stereocenters. The maximum absolute atomic E-state index is 6.58. The zero-order valence-corrected chi connectivity index (χ0v) is 13.4. The molecule has 0 radical (unpaired) electrons. The first-order chi connectivity index (χ1) is 10.1. The number of nitrogens with two attached hydrogens (primary N) is 1. The highest BCUT2D eigenvalue weighted by molar-refractivity contribution is 5.46. The molecule has 2 aromatic carbocycles. The zero-order valence-electron chi connectivity index (χ0n) is 13.4. The molecule has 0 bridgehead atoms. The number of ether oxygens (including phenoxy) is 1. The summed E-state index contributed by atoms with van der Waals surface area (Å²) in [5.41, 5.74) is 12.7. The van der Waals surface area contributed by atoms with Crippen LogP contribution in [0.4, 0.5) is 0 Å². The van der Waals surface area contributed by atoms with Gasteiger partial charge in [0.2, 0.25) is 0 Å². The first-order valence-corrected chi connectivity index (χ1v) is 7.62. The molecule has 0 saturated heterocycles. The number of benzene rings is 2. The quantitative estimate of drug-likeness (QED) is 0.893. The van der Waals surface area contributed by atoms with Gasteiger partial charge in [-0.2, -0.15) is 0 Å². The van der Waals surface area contributed by atoms with E-state index >= 15 is 0 Å². The lowest BCUT2D eigenvalue weighted by Crippen LogP contribution is -2.15. The van der Waals surface area contributed by atoms with Gasteiger partial charge in [0.05, 0.1) is 13.2 Å². The summed E-state index contributed by atoms with van der Waals surface area (Å²) in [6, 6.07) is 12.7. The lowest BCUT2D eigenvalue weighted by molar-refractivity contribution is 0.407. The second-order valence-corrected chi connectivity index (χ2v) is 5.46. The normalized spacial score (nSPS) is 12.2. The van der Waals surface area contributed by atoms with E-state index in [0.717, 1.165) is 24.2 Å². The van der Waals surface area contributed by atoms with E-state index in [-0.39, 0.29) is 6.04 Å². The van der Waals surface area contributed by atoms with E-state index in [9.17, 15) is 0 Å². The van der Waals surface area contributed by atoms with Crippen molar-refractivity contribution >= 4 is 0 Å². The minimum Gasteiger partial charge on any atom is -0.496 e. The smallest absolute Gasteiger partial charge is 0.123 e. The van der Waals surface area contributed by atoms with E-state index in [1.165, 1.54) is 22.3 Å². The molecule has 0 fully saturated rings. The first-order valence-electron chi connectivity index (χ1n) is 7.62. The maximum Gasteiger partial charge on any atom is 0.123 e. The molecule has 2 heteroatoms. The van der Waals surface area contributed by atoms with Crippen molar-refractivity contribution in [3.05, 3.63) is 64.2 Å². The third-order valence-corrected chi connectivity index (χ3v) is 4.05. The second-order valence-electron chi connectivity index (χ2n) is 5.46. The van der Waals surface area contributed by atoms with Crippen molar-refractivity contribution in [1.29, 1.82) is 0 Å². The molecule has 0 aliphatic carbocycles. The van der Waals surface area contributed by atoms with Crippen molar-refractivity contribution in [3.8, 4) is 5.75 Å². The molecule has 1 atom stereocenters. The van der Waals surface area contributed by atoms with Crippen LogP contribution in [0.1, 0.15) is 47.7 Å². The van der Waals surface area contributed by atoms with Crippen LogP contribution in [0.15, 0.2) is 36.4 Å². The molecule has 0 aliphatic heterocycles. The highest BCUT2D eigenvalue weighted by Crippen LogP contribution is 2.31. The third-order valence-electron chi connectivity index (χ3n) is 4.05. The Morgan fingerprint density at radius 1 is 1.00 bits per heavy atom. The predicted molar refractivity (Wildman–Crippen MR) is 89.0 cm³/mol. The van der Waals surface area contributed by atoms with Gasteiger partial charge in [0.25, 0.3) is 0 Å². The van der Waals surface area contributed by atoms with Crippen LogP contribution < -0.4 is 10.5 Å². The largest absolute Gasteiger partial charge is 0.496 e. The first kappa shape index (κ1) is 15.6. The van der Waals surface area contributed by atoms with Gasteiger partial charge in [-0.15, -0.1) is 0 Å². The summed E-state index contributed by atoms with van der Waals surface area (Å²) in [6.45, 7) is 6.42. The molecule has 112 valence electrons. The lowest BCUT2D eigenvalue weighted by Gasteiger charge is -2.20. The van der Waals surface area contributed by atoms with Gasteiger partial charge in [-0.25, -0.2) is 0 Å². The fraction of sp³-hybridized carbons (Fsp3) is 0.368. The van der Waals surface area contributed by atoms with Gasteiger partial charge in [0, 0.05) is 5.56 Å². The summed E-state index contributed by atoms with van der Waals surface area (Å²) in [5, 5.41) is 0. The standard InChI is InChI=1S/C19H25NO/c1-5-14-8-9-15(6-2)16(12-14)19(20)17-11-13(3)7-10-18(17)21-4/h7-12,19H,5-6,20H2,1-4H3. The number of methoxy groups -OCH3 is 1. The fourth-order valence-electron chi connectivity index (χ4n) is 2.74. The molecule has 2 rings (SSSR count). The van der Waals surface area contributed by atoms with Gasteiger partial charge in [0.15, 0.2) is 0 Å². The minimum absolute atomic E-state index is 0.152.